The highest BCUT2D eigenvalue weighted by molar-refractivity contribution is 6.42. The molecule has 94 valence electrons. The number of halogens is 3. The number of benzene rings is 2. The molecule has 0 unspecified atom stereocenters. The van der Waals surface area contributed by atoms with Crippen molar-refractivity contribution >= 4 is 28.9 Å². The second kappa shape index (κ2) is 5.46. The predicted octanol–water partition coefficient (Wildman–Crippen LogP) is 4.29. The molecule has 0 aromatic heterocycles. The summed E-state index contributed by atoms with van der Waals surface area (Å²) >= 11 is 11.6. The molecule has 0 spiro atoms. The maximum atomic E-state index is 13.5. The normalized spacial score (nSPS) is 10.4. The van der Waals surface area contributed by atoms with Gasteiger partial charge in [0, 0.05) is 17.3 Å². The summed E-state index contributed by atoms with van der Waals surface area (Å²) < 4.78 is 18.9. The van der Waals surface area contributed by atoms with Crippen molar-refractivity contribution in [3.63, 3.8) is 0 Å². The lowest BCUT2D eigenvalue weighted by Gasteiger charge is -2.10. The van der Waals surface area contributed by atoms with Crippen LogP contribution in [0.25, 0.3) is 0 Å². The molecule has 2 nitrogen and oxygen atoms in total. The summed E-state index contributed by atoms with van der Waals surface area (Å²) in [6, 6.07) is 9.35. The molecule has 0 aliphatic rings. The van der Waals surface area contributed by atoms with Gasteiger partial charge in [0.1, 0.15) is 18.2 Å². The Bertz CT molecular complexity index is 555. The number of nitrogen functional groups attached to an aromatic ring is 1. The Kier molecular flexibility index (Phi) is 3.94. The second-order valence-electron chi connectivity index (χ2n) is 3.67. The molecule has 2 aromatic rings. The fourth-order valence-electron chi connectivity index (χ4n) is 1.45. The highest BCUT2D eigenvalue weighted by Gasteiger charge is 2.07. The maximum Gasteiger partial charge on any atom is 0.131 e. The minimum Gasteiger partial charge on any atom is -0.489 e. The molecule has 0 amide bonds. The van der Waals surface area contributed by atoms with E-state index in [1.54, 1.807) is 30.3 Å². The van der Waals surface area contributed by atoms with Crippen LogP contribution in [0.4, 0.5) is 10.1 Å². The van der Waals surface area contributed by atoms with E-state index in [1.807, 2.05) is 0 Å². The van der Waals surface area contributed by atoms with Crippen molar-refractivity contribution < 1.29 is 9.13 Å². The van der Waals surface area contributed by atoms with E-state index in [0.29, 0.717) is 27.0 Å². The molecule has 0 saturated carbocycles. The number of hydrogen-bond acceptors (Lipinski definition) is 2. The molecule has 0 aliphatic carbocycles. The Morgan fingerprint density at radius 1 is 1.11 bits per heavy atom. The summed E-state index contributed by atoms with van der Waals surface area (Å²) in [6.45, 7) is 0.0382. The van der Waals surface area contributed by atoms with Gasteiger partial charge in [-0.25, -0.2) is 4.39 Å². The lowest BCUT2D eigenvalue weighted by atomic mass is 10.2. The SMILES string of the molecule is Nc1cccc(F)c1COc1ccc(Cl)c(Cl)c1. The van der Waals surface area contributed by atoms with E-state index in [2.05, 4.69) is 0 Å². The highest BCUT2D eigenvalue weighted by Crippen LogP contribution is 2.27. The van der Waals surface area contributed by atoms with Gasteiger partial charge in [0.05, 0.1) is 10.0 Å². The van der Waals surface area contributed by atoms with E-state index in [4.69, 9.17) is 33.7 Å². The molecule has 0 bridgehead atoms. The molecule has 2 rings (SSSR count). The third-order valence-electron chi connectivity index (χ3n) is 2.43. The average molecular weight is 286 g/mol. The van der Waals surface area contributed by atoms with E-state index >= 15 is 0 Å². The Morgan fingerprint density at radius 2 is 1.89 bits per heavy atom. The molecular weight excluding hydrogens is 276 g/mol. The van der Waals surface area contributed by atoms with Crippen molar-refractivity contribution in [3.05, 3.63) is 57.8 Å². The lowest BCUT2D eigenvalue weighted by Crippen LogP contribution is -2.03. The van der Waals surface area contributed by atoms with Gasteiger partial charge in [0.25, 0.3) is 0 Å². The third-order valence-corrected chi connectivity index (χ3v) is 3.17. The standard InChI is InChI=1S/C13H10Cl2FNO/c14-10-5-4-8(6-11(10)15)18-7-9-12(16)2-1-3-13(9)17/h1-6H,7,17H2. The zero-order valence-electron chi connectivity index (χ0n) is 9.29. The summed E-state index contributed by atoms with van der Waals surface area (Å²) in [7, 11) is 0. The molecule has 2 N–H and O–H groups in total. The smallest absolute Gasteiger partial charge is 0.131 e. The number of hydrogen-bond donors (Lipinski definition) is 1. The summed E-state index contributed by atoms with van der Waals surface area (Å²) in [5.74, 6) is 0.113. The van der Waals surface area contributed by atoms with Gasteiger partial charge in [-0.3, -0.25) is 0 Å². The van der Waals surface area contributed by atoms with E-state index in [1.165, 1.54) is 6.07 Å². The van der Waals surface area contributed by atoms with Crippen molar-refractivity contribution in [1.29, 1.82) is 0 Å². The zero-order valence-corrected chi connectivity index (χ0v) is 10.8. The van der Waals surface area contributed by atoms with Gasteiger partial charge in [-0.1, -0.05) is 29.3 Å². The third kappa shape index (κ3) is 2.86. The maximum absolute atomic E-state index is 13.5. The van der Waals surface area contributed by atoms with E-state index in [-0.39, 0.29) is 6.61 Å². The quantitative estimate of drug-likeness (QED) is 0.854. The summed E-state index contributed by atoms with van der Waals surface area (Å²) in [6.07, 6.45) is 0. The Morgan fingerprint density at radius 3 is 2.56 bits per heavy atom. The van der Waals surface area contributed by atoms with E-state index in [0.717, 1.165) is 0 Å². The van der Waals surface area contributed by atoms with Crippen molar-refractivity contribution in [3.8, 4) is 5.75 Å². The van der Waals surface area contributed by atoms with Crippen LogP contribution in [-0.4, -0.2) is 0 Å². The molecule has 18 heavy (non-hydrogen) atoms. The fourth-order valence-corrected chi connectivity index (χ4v) is 1.74. The topological polar surface area (TPSA) is 35.2 Å². The number of nitrogens with two attached hydrogens (primary N) is 1. The van der Waals surface area contributed by atoms with Gasteiger partial charge >= 0.3 is 0 Å². The van der Waals surface area contributed by atoms with Gasteiger partial charge in [0.15, 0.2) is 0 Å². The first-order valence-corrected chi connectivity index (χ1v) is 5.94. The van der Waals surface area contributed by atoms with E-state index in [9.17, 15) is 4.39 Å². The van der Waals surface area contributed by atoms with Crippen LogP contribution in [0.3, 0.4) is 0 Å². The first-order chi connectivity index (χ1) is 8.58. The minimum absolute atomic E-state index is 0.0382. The van der Waals surface area contributed by atoms with Crippen LogP contribution in [0, 0.1) is 5.82 Å². The Hall–Kier alpha value is -1.45. The van der Waals surface area contributed by atoms with Crippen LogP contribution in [0.5, 0.6) is 5.75 Å². The summed E-state index contributed by atoms with van der Waals surface area (Å²) in [5, 5.41) is 0.824. The van der Waals surface area contributed by atoms with Crippen molar-refractivity contribution in [2.75, 3.05) is 5.73 Å². The molecule has 0 heterocycles. The van der Waals surface area contributed by atoms with Crippen molar-refractivity contribution in [2.24, 2.45) is 0 Å². The van der Waals surface area contributed by atoms with Crippen LogP contribution in [-0.2, 0) is 6.61 Å². The summed E-state index contributed by atoms with van der Waals surface area (Å²) in [5.41, 5.74) is 6.35. The molecule has 0 saturated heterocycles. The Balaban J connectivity index is 2.14. The van der Waals surface area contributed by atoms with Crippen LogP contribution >= 0.6 is 23.2 Å². The fraction of sp³-hybridized carbons (Fsp3) is 0.0769. The Labute approximate surface area is 114 Å². The monoisotopic (exact) mass is 285 g/mol. The molecule has 0 fully saturated rings. The van der Waals surface area contributed by atoms with Crippen molar-refractivity contribution in [1.82, 2.24) is 0 Å². The molecule has 0 atom stereocenters. The van der Waals surface area contributed by atoms with Gasteiger partial charge in [-0.05, 0) is 24.3 Å². The van der Waals surface area contributed by atoms with Gasteiger partial charge in [-0.15, -0.1) is 0 Å². The van der Waals surface area contributed by atoms with Gasteiger partial charge < -0.3 is 10.5 Å². The first-order valence-electron chi connectivity index (χ1n) is 5.18. The van der Waals surface area contributed by atoms with Crippen LogP contribution in [0.1, 0.15) is 5.56 Å². The molecule has 2 aromatic carbocycles. The second-order valence-corrected chi connectivity index (χ2v) is 4.49. The number of rotatable bonds is 3. The minimum atomic E-state index is -0.393. The molecular formula is C13H10Cl2FNO. The molecule has 0 radical (unpaired) electrons. The van der Waals surface area contributed by atoms with Crippen molar-refractivity contribution in [2.45, 2.75) is 6.61 Å². The van der Waals surface area contributed by atoms with Crippen LogP contribution < -0.4 is 10.5 Å². The zero-order chi connectivity index (χ0) is 13.1. The van der Waals surface area contributed by atoms with Gasteiger partial charge in [0.2, 0.25) is 0 Å². The molecule has 5 heteroatoms. The predicted molar refractivity (Wildman–Crippen MR) is 71.6 cm³/mol. The number of ether oxygens (including phenoxy) is 1. The largest absolute Gasteiger partial charge is 0.489 e. The van der Waals surface area contributed by atoms with Gasteiger partial charge in [-0.2, -0.15) is 0 Å². The van der Waals surface area contributed by atoms with Crippen LogP contribution in [0.15, 0.2) is 36.4 Å². The average Bonchev–Trinajstić information content (AvgIpc) is 2.33. The highest BCUT2D eigenvalue weighted by atomic mass is 35.5. The van der Waals surface area contributed by atoms with Crippen LogP contribution in [0.2, 0.25) is 10.0 Å². The number of anilines is 1. The summed E-state index contributed by atoms with van der Waals surface area (Å²) in [4.78, 5) is 0. The lowest BCUT2D eigenvalue weighted by molar-refractivity contribution is 0.300. The molecule has 0 aliphatic heterocycles. The first kappa shape index (κ1) is 13.0. The van der Waals surface area contributed by atoms with E-state index < -0.39 is 5.82 Å².